The summed E-state index contributed by atoms with van der Waals surface area (Å²) >= 11 is 0. The zero-order valence-corrected chi connectivity index (χ0v) is 37.4. The van der Waals surface area contributed by atoms with E-state index in [9.17, 15) is 19.8 Å². The van der Waals surface area contributed by atoms with Crippen molar-refractivity contribution in [2.45, 2.75) is 270 Å². The highest BCUT2D eigenvalue weighted by Gasteiger charge is 2.18. The van der Waals surface area contributed by atoms with Gasteiger partial charge in [0.1, 0.15) is 0 Å². The van der Waals surface area contributed by atoms with Crippen LogP contribution in [0, 0.1) is 0 Å². The number of aliphatic hydroxyl groups excluding tert-OH is 2. The minimum absolute atomic E-state index is 0.0241. The molecule has 0 aliphatic carbocycles. The van der Waals surface area contributed by atoms with Crippen molar-refractivity contribution < 1.29 is 24.5 Å². The highest BCUT2D eigenvalue weighted by molar-refractivity contribution is 5.76. The third-order valence-electron chi connectivity index (χ3n) is 11.2. The molecule has 0 aliphatic rings. The first-order valence-corrected chi connectivity index (χ1v) is 24.6. The molecule has 0 radical (unpaired) electrons. The lowest BCUT2D eigenvalue weighted by atomic mass is 10.0. The van der Waals surface area contributed by atoms with E-state index in [1.807, 2.05) is 6.08 Å². The van der Waals surface area contributed by atoms with Gasteiger partial charge in [0, 0.05) is 12.8 Å². The molecule has 330 valence electrons. The summed E-state index contributed by atoms with van der Waals surface area (Å²) in [6, 6.07) is -0.645. The Morgan fingerprint density at radius 3 is 1.27 bits per heavy atom. The number of ether oxygens (including phenoxy) is 1. The fraction of sp³-hybridized carbons (Fsp3) is 0.880. The van der Waals surface area contributed by atoms with Gasteiger partial charge in [-0.15, -0.1) is 0 Å². The van der Waals surface area contributed by atoms with Crippen LogP contribution < -0.4 is 5.32 Å². The van der Waals surface area contributed by atoms with Crippen LogP contribution >= 0.6 is 0 Å². The van der Waals surface area contributed by atoms with Gasteiger partial charge in [-0.05, 0) is 64.2 Å². The topological polar surface area (TPSA) is 95.9 Å². The summed E-state index contributed by atoms with van der Waals surface area (Å²) in [5.74, 6) is -0.118. The highest BCUT2D eigenvalue weighted by Crippen LogP contribution is 2.15. The van der Waals surface area contributed by atoms with Crippen LogP contribution in [0.5, 0.6) is 0 Å². The molecule has 0 aromatic rings. The number of unbranched alkanes of at least 4 members (excludes halogenated alkanes) is 32. The van der Waals surface area contributed by atoms with Gasteiger partial charge in [-0.1, -0.05) is 205 Å². The van der Waals surface area contributed by atoms with E-state index in [4.69, 9.17) is 4.74 Å². The Morgan fingerprint density at radius 1 is 0.482 bits per heavy atom. The summed E-state index contributed by atoms with van der Waals surface area (Å²) < 4.78 is 5.43. The third-order valence-corrected chi connectivity index (χ3v) is 11.2. The van der Waals surface area contributed by atoms with Crippen LogP contribution in [0.15, 0.2) is 24.3 Å². The number of allylic oxidation sites excluding steroid dienone is 3. The monoisotopic (exact) mass is 790 g/mol. The molecule has 3 N–H and O–H groups in total. The number of hydrogen-bond acceptors (Lipinski definition) is 5. The molecule has 0 fully saturated rings. The van der Waals surface area contributed by atoms with E-state index in [0.717, 1.165) is 77.0 Å². The van der Waals surface area contributed by atoms with Crippen molar-refractivity contribution in [3.8, 4) is 0 Å². The second-order valence-corrected chi connectivity index (χ2v) is 16.8. The van der Waals surface area contributed by atoms with Crippen molar-refractivity contribution >= 4 is 11.9 Å². The number of carbonyl (C=O) groups excluding carboxylic acids is 2. The minimum Gasteiger partial charge on any atom is -0.466 e. The molecule has 0 spiro atoms. The molecule has 0 aromatic carbocycles. The first kappa shape index (κ1) is 54.3. The molecule has 2 atom stereocenters. The largest absolute Gasteiger partial charge is 0.466 e. The van der Waals surface area contributed by atoms with Crippen molar-refractivity contribution in [1.82, 2.24) is 5.32 Å². The Balaban J connectivity index is 3.55. The molecular weight excluding hydrogens is 695 g/mol. The van der Waals surface area contributed by atoms with Crippen LogP contribution in [0.1, 0.15) is 258 Å². The van der Waals surface area contributed by atoms with E-state index in [1.165, 1.54) is 154 Å². The predicted molar refractivity (Wildman–Crippen MR) is 241 cm³/mol. The zero-order valence-electron chi connectivity index (χ0n) is 37.4. The molecule has 0 rings (SSSR count). The molecule has 0 heterocycles. The number of hydrogen-bond donors (Lipinski definition) is 3. The van der Waals surface area contributed by atoms with Gasteiger partial charge in [0.05, 0.1) is 25.4 Å². The molecule has 0 saturated carbocycles. The van der Waals surface area contributed by atoms with Crippen LogP contribution in [-0.2, 0) is 14.3 Å². The van der Waals surface area contributed by atoms with E-state index in [2.05, 4.69) is 31.3 Å². The molecule has 0 aromatic heterocycles. The second-order valence-electron chi connectivity index (χ2n) is 16.8. The Morgan fingerprint density at radius 2 is 0.839 bits per heavy atom. The standard InChI is InChI=1S/C50H95NO5/c1-3-5-7-9-11-13-15-17-18-19-22-26-30-34-38-42-48(53)47(46-52)51-49(54)43-39-35-31-27-23-20-21-25-29-33-37-41-45-56-50(55)44-40-36-32-28-24-16-14-12-10-8-6-4-2/h21,25,38,42,47-48,52-53H,3-20,22-24,26-37,39-41,43-46H2,1-2H3,(H,51,54)/b25-21-,42-38+. The Hall–Kier alpha value is -1.66. The van der Waals surface area contributed by atoms with Gasteiger partial charge in [0.2, 0.25) is 5.91 Å². The molecule has 2 unspecified atom stereocenters. The fourth-order valence-corrected chi connectivity index (χ4v) is 7.39. The fourth-order valence-electron chi connectivity index (χ4n) is 7.39. The Labute approximate surface area is 348 Å². The highest BCUT2D eigenvalue weighted by atomic mass is 16.5. The predicted octanol–water partition coefficient (Wildman–Crippen LogP) is 14.3. The van der Waals surface area contributed by atoms with Crippen molar-refractivity contribution in [3.63, 3.8) is 0 Å². The SMILES string of the molecule is CCCCCCCCCCCCCCC/C=C/C(O)C(CO)NC(=O)CCCCCCC/C=C\CCCCCOC(=O)CCCCCCCCCCCCCC. The first-order valence-electron chi connectivity index (χ1n) is 24.6. The molecule has 6 heteroatoms. The number of nitrogens with one attached hydrogen (secondary N) is 1. The van der Waals surface area contributed by atoms with E-state index >= 15 is 0 Å². The van der Waals surface area contributed by atoms with Crippen molar-refractivity contribution in [2.75, 3.05) is 13.2 Å². The summed E-state index contributed by atoms with van der Waals surface area (Å²) in [6.45, 7) is 4.83. The number of esters is 1. The average Bonchev–Trinajstić information content (AvgIpc) is 3.20. The molecule has 0 saturated heterocycles. The lowest BCUT2D eigenvalue weighted by Gasteiger charge is -2.20. The number of amides is 1. The number of carbonyl (C=O) groups is 2. The van der Waals surface area contributed by atoms with Crippen LogP contribution in [0.4, 0.5) is 0 Å². The van der Waals surface area contributed by atoms with Gasteiger partial charge in [-0.3, -0.25) is 9.59 Å². The Kier molecular flexibility index (Phi) is 44.7. The Bertz CT molecular complexity index is 874. The van der Waals surface area contributed by atoms with Gasteiger partial charge in [-0.2, -0.15) is 0 Å². The van der Waals surface area contributed by atoms with Crippen LogP contribution in [0.25, 0.3) is 0 Å². The summed E-state index contributed by atoms with van der Waals surface area (Å²) in [6.07, 6.45) is 53.1. The smallest absolute Gasteiger partial charge is 0.305 e. The van der Waals surface area contributed by atoms with Gasteiger partial charge < -0.3 is 20.3 Å². The average molecular weight is 790 g/mol. The van der Waals surface area contributed by atoms with Crippen molar-refractivity contribution in [3.05, 3.63) is 24.3 Å². The third kappa shape index (κ3) is 42.0. The molecule has 56 heavy (non-hydrogen) atoms. The summed E-state index contributed by atoms with van der Waals surface area (Å²) in [4.78, 5) is 24.4. The molecule has 0 aliphatic heterocycles. The van der Waals surface area contributed by atoms with E-state index in [1.54, 1.807) is 6.08 Å². The van der Waals surface area contributed by atoms with Crippen molar-refractivity contribution in [1.29, 1.82) is 0 Å². The molecule has 0 bridgehead atoms. The molecule has 6 nitrogen and oxygen atoms in total. The molecular formula is C50H95NO5. The van der Waals surface area contributed by atoms with Gasteiger partial charge in [0.25, 0.3) is 0 Å². The quantitative estimate of drug-likeness (QED) is 0.0324. The summed E-state index contributed by atoms with van der Waals surface area (Å²) in [5, 5.41) is 23.0. The van der Waals surface area contributed by atoms with Gasteiger partial charge in [0.15, 0.2) is 0 Å². The van der Waals surface area contributed by atoms with Crippen molar-refractivity contribution in [2.24, 2.45) is 0 Å². The lowest BCUT2D eigenvalue weighted by molar-refractivity contribution is -0.143. The van der Waals surface area contributed by atoms with E-state index in [-0.39, 0.29) is 18.5 Å². The maximum absolute atomic E-state index is 12.4. The van der Waals surface area contributed by atoms with E-state index in [0.29, 0.717) is 19.4 Å². The summed E-state index contributed by atoms with van der Waals surface area (Å²) in [5.41, 5.74) is 0. The second kappa shape index (κ2) is 46.0. The minimum atomic E-state index is -0.859. The molecule has 1 amide bonds. The normalized spacial score (nSPS) is 12.9. The van der Waals surface area contributed by atoms with Crippen LogP contribution in [0.2, 0.25) is 0 Å². The first-order chi connectivity index (χ1) is 27.5. The zero-order chi connectivity index (χ0) is 40.8. The van der Waals surface area contributed by atoms with Gasteiger partial charge in [-0.25, -0.2) is 0 Å². The maximum Gasteiger partial charge on any atom is 0.305 e. The summed E-state index contributed by atoms with van der Waals surface area (Å²) in [7, 11) is 0. The maximum atomic E-state index is 12.4. The van der Waals surface area contributed by atoms with Crippen LogP contribution in [0.3, 0.4) is 0 Å². The van der Waals surface area contributed by atoms with E-state index < -0.39 is 12.1 Å². The number of rotatable bonds is 45. The lowest BCUT2D eigenvalue weighted by Crippen LogP contribution is -2.45. The number of aliphatic hydroxyl groups is 2. The van der Waals surface area contributed by atoms with Crippen LogP contribution in [-0.4, -0.2) is 47.4 Å². The van der Waals surface area contributed by atoms with Gasteiger partial charge >= 0.3 is 5.97 Å².